The highest BCUT2D eigenvalue weighted by Gasteiger charge is 2.11. The molecule has 0 fully saturated rings. The lowest BCUT2D eigenvalue weighted by molar-refractivity contribution is 0.297. The van der Waals surface area contributed by atoms with E-state index in [1.807, 2.05) is 31.3 Å². The standard InChI is InChI=1S/C18H24N4O2S/c1-3-14-11-20-17(25-14)12-21-18(19-4-2)22-13-6-7-15-16(10-13)24-9-5-8-23-15/h6-7,10-11H,3-5,8-9,12H2,1-2H3,(H2,19,21,22). The number of hydrogen-bond acceptors (Lipinski definition) is 5. The minimum Gasteiger partial charge on any atom is -0.490 e. The average Bonchev–Trinajstić information content (AvgIpc) is 2.96. The van der Waals surface area contributed by atoms with Gasteiger partial charge in [-0.1, -0.05) is 6.92 Å². The Bertz CT molecular complexity index is 730. The fourth-order valence-electron chi connectivity index (χ4n) is 2.42. The van der Waals surface area contributed by atoms with Crippen molar-refractivity contribution < 1.29 is 9.47 Å². The van der Waals surface area contributed by atoms with Gasteiger partial charge in [0.05, 0.1) is 19.8 Å². The van der Waals surface area contributed by atoms with Crippen molar-refractivity contribution in [1.29, 1.82) is 0 Å². The van der Waals surface area contributed by atoms with Crippen LogP contribution < -0.4 is 20.1 Å². The number of benzene rings is 1. The van der Waals surface area contributed by atoms with Crippen LogP contribution in [0.25, 0.3) is 0 Å². The van der Waals surface area contributed by atoms with E-state index in [-0.39, 0.29) is 0 Å². The van der Waals surface area contributed by atoms with Crippen molar-refractivity contribution in [2.24, 2.45) is 4.99 Å². The third-order valence-corrected chi connectivity index (χ3v) is 4.80. The highest BCUT2D eigenvalue weighted by atomic mass is 32.1. The van der Waals surface area contributed by atoms with E-state index >= 15 is 0 Å². The maximum atomic E-state index is 5.74. The molecule has 1 aliphatic rings. The number of fused-ring (bicyclic) bond motifs is 1. The summed E-state index contributed by atoms with van der Waals surface area (Å²) < 4.78 is 11.4. The number of rotatable bonds is 5. The van der Waals surface area contributed by atoms with Crippen LogP contribution in [0.1, 0.15) is 30.2 Å². The minimum absolute atomic E-state index is 0.560. The zero-order valence-corrected chi connectivity index (χ0v) is 15.5. The molecule has 2 N–H and O–H groups in total. The van der Waals surface area contributed by atoms with Crippen molar-refractivity contribution in [2.45, 2.75) is 33.2 Å². The van der Waals surface area contributed by atoms with Gasteiger partial charge >= 0.3 is 0 Å². The lowest BCUT2D eigenvalue weighted by atomic mass is 10.3. The number of nitrogens with zero attached hydrogens (tertiary/aromatic N) is 2. The van der Waals surface area contributed by atoms with Gasteiger partial charge in [0.2, 0.25) is 0 Å². The van der Waals surface area contributed by atoms with Gasteiger partial charge in [0.25, 0.3) is 0 Å². The lowest BCUT2D eigenvalue weighted by Gasteiger charge is -2.13. The number of anilines is 1. The first-order valence-corrected chi connectivity index (χ1v) is 9.48. The third kappa shape index (κ3) is 4.85. The highest BCUT2D eigenvalue weighted by Crippen LogP contribution is 2.32. The largest absolute Gasteiger partial charge is 0.490 e. The molecule has 0 bridgehead atoms. The molecule has 0 spiro atoms. The van der Waals surface area contributed by atoms with Crippen molar-refractivity contribution in [2.75, 3.05) is 25.1 Å². The summed E-state index contributed by atoms with van der Waals surface area (Å²) in [5.41, 5.74) is 0.914. The Labute approximate surface area is 152 Å². The fraction of sp³-hybridized carbons (Fsp3) is 0.444. The number of ether oxygens (including phenoxy) is 2. The molecule has 134 valence electrons. The molecule has 0 unspecified atom stereocenters. The van der Waals surface area contributed by atoms with E-state index in [2.05, 4.69) is 27.5 Å². The Balaban J connectivity index is 1.70. The van der Waals surface area contributed by atoms with Crippen LogP contribution in [-0.4, -0.2) is 30.7 Å². The fourth-order valence-corrected chi connectivity index (χ4v) is 3.20. The first-order chi connectivity index (χ1) is 12.3. The molecular weight excluding hydrogens is 336 g/mol. The second-order valence-corrected chi connectivity index (χ2v) is 6.81. The summed E-state index contributed by atoms with van der Waals surface area (Å²) >= 11 is 1.71. The second-order valence-electron chi connectivity index (χ2n) is 5.61. The monoisotopic (exact) mass is 360 g/mol. The number of aryl methyl sites for hydroxylation is 1. The Hall–Kier alpha value is -2.28. The van der Waals surface area contributed by atoms with Gasteiger partial charge < -0.3 is 20.1 Å². The number of aromatic nitrogens is 1. The van der Waals surface area contributed by atoms with E-state index in [0.29, 0.717) is 19.8 Å². The van der Waals surface area contributed by atoms with Crippen molar-refractivity contribution in [3.8, 4) is 11.5 Å². The topological polar surface area (TPSA) is 67.8 Å². The molecule has 0 saturated carbocycles. The van der Waals surface area contributed by atoms with Gasteiger partial charge in [-0.05, 0) is 25.5 Å². The van der Waals surface area contributed by atoms with E-state index in [9.17, 15) is 0 Å². The number of guanidine groups is 1. The van der Waals surface area contributed by atoms with Crippen LogP contribution >= 0.6 is 11.3 Å². The van der Waals surface area contributed by atoms with E-state index < -0.39 is 0 Å². The van der Waals surface area contributed by atoms with Crippen LogP contribution in [0.4, 0.5) is 5.69 Å². The van der Waals surface area contributed by atoms with E-state index in [4.69, 9.17) is 9.47 Å². The molecule has 0 radical (unpaired) electrons. The molecule has 25 heavy (non-hydrogen) atoms. The van der Waals surface area contributed by atoms with Crippen molar-refractivity contribution in [3.05, 3.63) is 34.3 Å². The van der Waals surface area contributed by atoms with Gasteiger partial charge in [0.15, 0.2) is 17.5 Å². The lowest BCUT2D eigenvalue weighted by Crippen LogP contribution is -2.30. The predicted octanol–water partition coefficient (Wildman–Crippen LogP) is 3.44. The molecule has 2 aromatic rings. The average molecular weight is 360 g/mol. The van der Waals surface area contributed by atoms with Crippen LogP contribution in [0, 0.1) is 0 Å². The van der Waals surface area contributed by atoms with Crippen molar-refractivity contribution >= 4 is 23.0 Å². The summed E-state index contributed by atoms with van der Waals surface area (Å²) in [5, 5.41) is 7.60. The zero-order valence-electron chi connectivity index (χ0n) is 14.7. The van der Waals surface area contributed by atoms with Crippen LogP contribution in [0.3, 0.4) is 0 Å². The van der Waals surface area contributed by atoms with Crippen molar-refractivity contribution in [1.82, 2.24) is 10.3 Å². The van der Waals surface area contributed by atoms with E-state index in [1.54, 1.807) is 11.3 Å². The number of hydrogen-bond donors (Lipinski definition) is 2. The number of nitrogens with one attached hydrogen (secondary N) is 2. The quantitative estimate of drug-likeness (QED) is 0.631. The molecule has 1 aromatic heterocycles. The maximum absolute atomic E-state index is 5.74. The third-order valence-electron chi connectivity index (χ3n) is 3.68. The van der Waals surface area contributed by atoms with E-state index in [1.165, 1.54) is 4.88 Å². The summed E-state index contributed by atoms with van der Waals surface area (Å²) in [6, 6.07) is 5.85. The maximum Gasteiger partial charge on any atom is 0.196 e. The molecule has 6 nitrogen and oxygen atoms in total. The Morgan fingerprint density at radius 2 is 2.08 bits per heavy atom. The molecule has 3 rings (SSSR count). The van der Waals surface area contributed by atoms with Gasteiger partial charge in [0.1, 0.15) is 5.01 Å². The van der Waals surface area contributed by atoms with Gasteiger partial charge in [-0.25, -0.2) is 9.98 Å². The summed E-state index contributed by atoms with van der Waals surface area (Å²) in [7, 11) is 0. The molecule has 0 amide bonds. The van der Waals surface area contributed by atoms with Gasteiger partial charge in [-0.15, -0.1) is 11.3 Å². The molecule has 1 aliphatic heterocycles. The van der Waals surface area contributed by atoms with Crippen LogP contribution in [-0.2, 0) is 13.0 Å². The van der Waals surface area contributed by atoms with E-state index in [0.717, 1.165) is 47.5 Å². The highest BCUT2D eigenvalue weighted by molar-refractivity contribution is 7.11. The SMILES string of the molecule is CCNC(=NCc1ncc(CC)s1)Nc1ccc2c(c1)OCCCO2. The van der Waals surface area contributed by atoms with Crippen LogP contribution in [0.5, 0.6) is 11.5 Å². The first-order valence-electron chi connectivity index (χ1n) is 8.67. The summed E-state index contributed by atoms with van der Waals surface area (Å²) in [5.74, 6) is 2.29. The number of thiazole rings is 1. The molecule has 2 heterocycles. The molecule has 0 atom stereocenters. The van der Waals surface area contributed by atoms with Crippen LogP contribution in [0.15, 0.2) is 29.4 Å². The Morgan fingerprint density at radius 3 is 2.84 bits per heavy atom. The van der Waals surface area contributed by atoms with Gasteiger partial charge in [0, 0.05) is 35.8 Å². The zero-order chi connectivity index (χ0) is 17.5. The molecular formula is C18H24N4O2S. The minimum atomic E-state index is 0.560. The number of aliphatic imine (C=N–C) groups is 1. The Kier molecular flexibility index (Phi) is 6.11. The van der Waals surface area contributed by atoms with Gasteiger partial charge in [-0.3, -0.25) is 0 Å². The molecule has 0 aliphatic carbocycles. The molecule has 7 heteroatoms. The smallest absolute Gasteiger partial charge is 0.196 e. The van der Waals surface area contributed by atoms with Gasteiger partial charge in [-0.2, -0.15) is 0 Å². The first kappa shape index (κ1) is 17.5. The second kappa shape index (κ2) is 8.71. The molecule has 0 saturated heterocycles. The normalized spacial score (nSPS) is 14.1. The van der Waals surface area contributed by atoms with Crippen LogP contribution in [0.2, 0.25) is 0 Å². The summed E-state index contributed by atoms with van der Waals surface area (Å²) in [4.78, 5) is 10.3. The summed E-state index contributed by atoms with van der Waals surface area (Å²) in [6.07, 6.45) is 3.84. The summed E-state index contributed by atoms with van der Waals surface area (Å²) in [6.45, 7) is 6.89. The molecule has 1 aromatic carbocycles. The van der Waals surface area contributed by atoms with Crippen molar-refractivity contribution in [3.63, 3.8) is 0 Å². The Morgan fingerprint density at radius 1 is 1.24 bits per heavy atom. The predicted molar refractivity (Wildman–Crippen MR) is 102 cm³/mol.